The summed E-state index contributed by atoms with van der Waals surface area (Å²) in [7, 11) is 0. The first-order valence-electron chi connectivity index (χ1n) is 6.55. The summed E-state index contributed by atoms with van der Waals surface area (Å²) >= 11 is 0. The maximum Gasteiger partial charge on any atom is 0.326 e. The smallest absolute Gasteiger partial charge is 0.326 e. The Kier molecular flexibility index (Phi) is 4.34. The SMILES string of the molecule is CCCCC(Nc1nccc2ccccc12)C(=O)O. The van der Waals surface area contributed by atoms with Crippen LogP contribution in [0.5, 0.6) is 0 Å². The van der Waals surface area contributed by atoms with Crippen LogP contribution in [0, 0.1) is 0 Å². The Morgan fingerprint density at radius 2 is 2.16 bits per heavy atom. The van der Waals surface area contributed by atoms with E-state index in [1.54, 1.807) is 6.20 Å². The van der Waals surface area contributed by atoms with Crippen LogP contribution < -0.4 is 5.32 Å². The van der Waals surface area contributed by atoms with Crippen LogP contribution in [0.1, 0.15) is 26.2 Å². The average Bonchev–Trinajstić information content (AvgIpc) is 2.43. The van der Waals surface area contributed by atoms with E-state index in [0.29, 0.717) is 12.2 Å². The number of pyridine rings is 1. The van der Waals surface area contributed by atoms with Crippen molar-refractivity contribution in [2.45, 2.75) is 32.2 Å². The fraction of sp³-hybridized carbons (Fsp3) is 0.333. The van der Waals surface area contributed by atoms with Gasteiger partial charge >= 0.3 is 5.97 Å². The molecule has 0 aliphatic rings. The van der Waals surface area contributed by atoms with Gasteiger partial charge in [0.1, 0.15) is 11.9 Å². The molecule has 0 aliphatic heterocycles. The molecule has 1 unspecified atom stereocenters. The van der Waals surface area contributed by atoms with E-state index in [2.05, 4.69) is 17.2 Å². The molecule has 19 heavy (non-hydrogen) atoms. The minimum Gasteiger partial charge on any atom is -0.480 e. The second-order valence-electron chi connectivity index (χ2n) is 4.56. The number of carboxylic acid groups (broad SMARTS) is 1. The number of aromatic nitrogens is 1. The number of aliphatic carboxylic acids is 1. The number of unbranched alkanes of at least 4 members (excludes halogenated alkanes) is 1. The molecule has 0 bridgehead atoms. The van der Waals surface area contributed by atoms with Gasteiger partial charge in [0.2, 0.25) is 0 Å². The third-order valence-electron chi connectivity index (χ3n) is 3.13. The van der Waals surface area contributed by atoms with Crippen molar-refractivity contribution in [3.05, 3.63) is 36.5 Å². The molecule has 0 radical (unpaired) electrons. The van der Waals surface area contributed by atoms with Crippen molar-refractivity contribution in [2.75, 3.05) is 5.32 Å². The highest BCUT2D eigenvalue weighted by Crippen LogP contribution is 2.21. The summed E-state index contributed by atoms with van der Waals surface area (Å²) < 4.78 is 0. The monoisotopic (exact) mass is 258 g/mol. The van der Waals surface area contributed by atoms with E-state index in [9.17, 15) is 9.90 Å². The lowest BCUT2D eigenvalue weighted by molar-refractivity contribution is -0.138. The molecule has 4 heteroatoms. The van der Waals surface area contributed by atoms with Crippen molar-refractivity contribution in [3.8, 4) is 0 Å². The van der Waals surface area contributed by atoms with Crippen molar-refractivity contribution in [2.24, 2.45) is 0 Å². The van der Waals surface area contributed by atoms with E-state index in [1.807, 2.05) is 30.3 Å². The first kappa shape index (κ1) is 13.3. The summed E-state index contributed by atoms with van der Waals surface area (Å²) in [5, 5.41) is 14.3. The van der Waals surface area contributed by atoms with Gasteiger partial charge < -0.3 is 10.4 Å². The summed E-state index contributed by atoms with van der Waals surface area (Å²) in [6.07, 6.45) is 4.17. The van der Waals surface area contributed by atoms with Gasteiger partial charge in [-0.25, -0.2) is 9.78 Å². The van der Waals surface area contributed by atoms with E-state index in [1.165, 1.54) is 0 Å². The average molecular weight is 258 g/mol. The summed E-state index contributed by atoms with van der Waals surface area (Å²) in [4.78, 5) is 15.5. The highest BCUT2D eigenvalue weighted by atomic mass is 16.4. The second kappa shape index (κ2) is 6.18. The fourth-order valence-corrected chi connectivity index (χ4v) is 2.07. The van der Waals surface area contributed by atoms with Crippen LogP contribution in [0.25, 0.3) is 10.8 Å². The molecule has 1 atom stereocenters. The molecular weight excluding hydrogens is 240 g/mol. The van der Waals surface area contributed by atoms with E-state index < -0.39 is 12.0 Å². The quantitative estimate of drug-likeness (QED) is 0.834. The molecule has 1 heterocycles. The molecule has 0 spiro atoms. The Hall–Kier alpha value is -2.10. The van der Waals surface area contributed by atoms with Gasteiger partial charge in [-0.1, -0.05) is 44.0 Å². The Labute approximate surface area is 112 Å². The molecule has 1 aromatic carbocycles. The van der Waals surface area contributed by atoms with Crippen LogP contribution in [0.3, 0.4) is 0 Å². The maximum atomic E-state index is 11.3. The lowest BCUT2D eigenvalue weighted by Gasteiger charge is -2.16. The van der Waals surface area contributed by atoms with Gasteiger partial charge in [-0.15, -0.1) is 0 Å². The zero-order valence-electron chi connectivity index (χ0n) is 11.0. The fourth-order valence-electron chi connectivity index (χ4n) is 2.07. The molecule has 2 aromatic rings. The molecule has 0 saturated heterocycles. The highest BCUT2D eigenvalue weighted by molar-refractivity contribution is 5.93. The lowest BCUT2D eigenvalue weighted by atomic mass is 10.1. The summed E-state index contributed by atoms with van der Waals surface area (Å²) in [6.45, 7) is 2.05. The van der Waals surface area contributed by atoms with Crippen molar-refractivity contribution in [1.82, 2.24) is 4.98 Å². The van der Waals surface area contributed by atoms with Gasteiger partial charge in [-0.3, -0.25) is 0 Å². The number of nitrogens with zero attached hydrogens (tertiary/aromatic N) is 1. The maximum absolute atomic E-state index is 11.3. The van der Waals surface area contributed by atoms with Gasteiger partial charge in [0.15, 0.2) is 0 Å². The third kappa shape index (κ3) is 3.22. The number of benzene rings is 1. The zero-order valence-corrected chi connectivity index (χ0v) is 11.0. The minimum absolute atomic E-state index is 0.585. The standard InChI is InChI=1S/C15H18N2O2/c1-2-3-8-13(15(18)19)17-14-12-7-5-4-6-11(12)9-10-16-14/h4-7,9-10,13H,2-3,8H2,1H3,(H,16,17)(H,18,19). The molecule has 100 valence electrons. The number of fused-ring (bicyclic) bond motifs is 1. The molecule has 0 amide bonds. The number of rotatable bonds is 6. The van der Waals surface area contributed by atoms with E-state index in [0.717, 1.165) is 23.6 Å². The minimum atomic E-state index is -0.830. The number of carboxylic acids is 1. The predicted octanol–water partition coefficient (Wildman–Crippen LogP) is 3.29. The van der Waals surface area contributed by atoms with Crippen LogP contribution in [0.2, 0.25) is 0 Å². The van der Waals surface area contributed by atoms with Crippen LogP contribution in [-0.2, 0) is 4.79 Å². The second-order valence-corrected chi connectivity index (χ2v) is 4.56. The van der Waals surface area contributed by atoms with Crippen LogP contribution in [0.4, 0.5) is 5.82 Å². The van der Waals surface area contributed by atoms with Crippen molar-refractivity contribution < 1.29 is 9.90 Å². The number of anilines is 1. The third-order valence-corrected chi connectivity index (χ3v) is 3.13. The Morgan fingerprint density at radius 1 is 1.37 bits per heavy atom. The molecule has 2 rings (SSSR count). The number of nitrogens with one attached hydrogen (secondary N) is 1. The molecule has 1 aromatic heterocycles. The number of hydrogen-bond donors (Lipinski definition) is 2. The van der Waals surface area contributed by atoms with Gasteiger partial charge in [0.25, 0.3) is 0 Å². The summed E-state index contributed by atoms with van der Waals surface area (Å²) in [6, 6.07) is 9.16. The van der Waals surface area contributed by atoms with E-state index in [-0.39, 0.29) is 0 Å². The topological polar surface area (TPSA) is 62.2 Å². The largest absolute Gasteiger partial charge is 0.480 e. The van der Waals surface area contributed by atoms with Crippen LogP contribution in [-0.4, -0.2) is 22.1 Å². The van der Waals surface area contributed by atoms with Crippen molar-refractivity contribution in [1.29, 1.82) is 0 Å². The zero-order chi connectivity index (χ0) is 13.7. The Bertz CT molecular complexity index is 564. The Balaban J connectivity index is 2.26. The lowest BCUT2D eigenvalue weighted by Crippen LogP contribution is -2.29. The Morgan fingerprint density at radius 3 is 2.89 bits per heavy atom. The van der Waals surface area contributed by atoms with Crippen molar-refractivity contribution >= 4 is 22.6 Å². The predicted molar refractivity (Wildman–Crippen MR) is 76.3 cm³/mol. The first-order chi connectivity index (χ1) is 9.22. The molecule has 2 N–H and O–H groups in total. The van der Waals surface area contributed by atoms with Gasteiger partial charge in [-0.2, -0.15) is 0 Å². The number of hydrogen-bond acceptors (Lipinski definition) is 3. The highest BCUT2D eigenvalue weighted by Gasteiger charge is 2.17. The first-order valence-corrected chi connectivity index (χ1v) is 6.55. The normalized spacial score (nSPS) is 12.3. The van der Waals surface area contributed by atoms with Crippen LogP contribution >= 0.6 is 0 Å². The number of carbonyl (C=O) groups is 1. The van der Waals surface area contributed by atoms with E-state index >= 15 is 0 Å². The molecule has 0 aliphatic carbocycles. The molecular formula is C15H18N2O2. The molecule has 0 fully saturated rings. The summed E-state index contributed by atoms with van der Waals surface area (Å²) in [5.41, 5.74) is 0. The van der Waals surface area contributed by atoms with Crippen molar-refractivity contribution in [3.63, 3.8) is 0 Å². The van der Waals surface area contributed by atoms with E-state index in [4.69, 9.17) is 0 Å². The van der Waals surface area contributed by atoms with Gasteiger partial charge in [0.05, 0.1) is 0 Å². The molecule has 0 saturated carbocycles. The van der Waals surface area contributed by atoms with Gasteiger partial charge in [-0.05, 0) is 17.9 Å². The molecule has 4 nitrogen and oxygen atoms in total. The van der Waals surface area contributed by atoms with Crippen LogP contribution in [0.15, 0.2) is 36.5 Å². The summed E-state index contributed by atoms with van der Waals surface area (Å²) in [5.74, 6) is -0.190. The van der Waals surface area contributed by atoms with Gasteiger partial charge in [0, 0.05) is 11.6 Å².